The Balaban J connectivity index is 2.49. The number of halogens is 2. The summed E-state index contributed by atoms with van der Waals surface area (Å²) in [5, 5.41) is 0.824. The number of rotatable bonds is 2. The normalized spacial score (nSPS) is 12.5. The van der Waals surface area contributed by atoms with E-state index in [0.29, 0.717) is 0 Å². The van der Waals surface area contributed by atoms with Crippen LogP contribution in [-0.2, 0) is 0 Å². The second-order valence-electron chi connectivity index (χ2n) is 5.18. The molecule has 0 nitrogen and oxygen atoms in total. The van der Waals surface area contributed by atoms with Crippen LogP contribution < -0.4 is 0 Å². The van der Waals surface area contributed by atoms with Gasteiger partial charge in [-0.1, -0.05) is 57.4 Å². The maximum absolute atomic E-state index is 6.40. The van der Waals surface area contributed by atoms with Crippen LogP contribution in [0.5, 0.6) is 0 Å². The molecule has 19 heavy (non-hydrogen) atoms. The summed E-state index contributed by atoms with van der Waals surface area (Å²) in [6, 6.07) is 10.8. The quantitative estimate of drug-likeness (QED) is 0.584. The second kappa shape index (κ2) is 5.68. The molecule has 2 heteroatoms. The van der Waals surface area contributed by atoms with Gasteiger partial charge in [-0.2, -0.15) is 0 Å². The predicted molar refractivity (Wildman–Crippen MR) is 87.6 cm³/mol. The summed E-state index contributed by atoms with van der Waals surface area (Å²) in [7, 11) is 0. The monoisotopic (exact) mass is 336 g/mol. The van der Waals surface area contributed by atoms with Crippen LogP contribution in [0.2, 0.25) is 5.02 Å². The van der Waals surface area contributed by atoms with Gasteiger partial charge in [-0.05, 0) is 61.6 Å². The summed E-state index contributed by atoms with van der Waals surface area (Å²) in [6.45, 7) is 8.47. The van der Waals surface area contributed by atoms with E-state index in [-0.39, 0.29) is 4.83 Å². The van der Waals surface area contributed by atoms with Crippen molar-refractivity contribution in [2.45, 2.75) is 32.5 Å². The van der Waals surface area contributed by atoms with Crippen molar-refractivity contribution in [2.24, 2.45) is 0 Å². The van der Waals surface area contributed by atoms with E-state index in [1.165, 1.54) is 27.8 Å². The molecule has 0 fully saturated rings. The molecule has 0 spiro atoms. The maximum atomic E-state index is 6.40. The molecule has 0 heterocycles. The topological polar surface area (TPSA) is 0 Å². The van der Waals surface area contributed by atoms with Crippen molar-refractivity contribution in [2.75, 3.05) is 0 Å². The summed E-state index contributed by atoms with van der Waals surface area (Å²) in [5.41, 5.74) is 7.48. The molecule has 0 aliphatic heterocycles. The van der Waals surface area contributed by atoms with Crippen LogP contribution in [0, 0.1) is 27.7 Å². The smallest absolute Gasteiger partial charge is 0.0661 e. The van der Waals surface area contributed by atoms with Gasteiger partial charge in [0.25, 0.3) is 0 Å². The molecule has 0 amide bonds. The van der Waals surface area contributed by atoms with E-state index in [1.54, 1.807) is 0 Å². The minimum Gasteiger partial charge on any atom is -0.0840 e. The predicted octanol–water partition coefficient (Wildman–Crippen LogP) is 6.06. The van der Waals surface area contributed by atoms with Gasteiger partial charge in [-0.3, -0.25) is 0 Å². The van der Waals surface area contributed by atoms with Crippen molar-refractivity contribution >= 4 is 27.5 Å². The van der Waals surface area contributed by atoms with Crippen molar-refractivity contribution < 1.29 is 0 Å². The molecular formula is C17H18BrCl. The highest BCUT2D eigenvalue weighted by Crippen LogP contribution is 2.38. The zero-order chi connectivity index (χ0) is 14.2. The van der Waals surface area contributed by atoms with Crippen LogP contribution >= 0.6 is 27.5 Å². The van der Waals surface area contributed by atoms with E-state index in [2.05, 4.69) is 67.9 Å². The Kier molecular flexibility index (Phi) is 4.37. The highest BCUT2D eigenvalue weighted by Gasteiger charge is 2.16. The Bertz CT molecular complexity index is 617. The zero-order valence-electron chi connectivity index (χ0n) is 11.7. The van der Waals surface area contributed by atoms with Crippen LogP contribution in [0.15, 0.2) is 30.3 Å². The summed E-state index contributed by atoms with van der Waals surface area (Å²) >= 11 is 10.2. The van der Waals surface area contributed by atoms with E-state index in [4.69, 9.17) is 11.6 Å². The Morgan fingerprint density at radius 3 is 2.11 bits per heavy atom. The fraction of sp³-hybridized carbons (Fsp3) is 0.294. The second-order valence-corrected chi connectivity index (χ2v) is 6.50. The first-order valence-electron chi connectivity index (χ1n) is 6.38. The number of alkyl halides is 1. The van der Waals surface area contributed by atoms with E-state index >= 15 is 0 Å². The first-order valence-corrected chi connectivity index (χ1v) is 7.67. The lowest BCUT2D eigenvalue weighted by Crippen LogP contribution is -1.99. The fourth-order valence-corrected chi connectivity index (χ4v) is 3.63. The van der Waals surface area contributed by atoms with Crippen molar-refractivity contribution in [1.82, 2.24) is 0 Å². The van der Waals surface area contributed by atoms with Crippen LogP contribution in [0.25, 0.3) is 0 Å². The minimum atomic E-state index is 0.139. The van der Waals surface area contributed by atoms with Gasteiger partial charge >= 0.3 is 0 Å². The van der Waals surface area contributed by atoms with Gasteiger partial charge in [-0.25, -0.2) is 0 Å². The van der Waals surface area contributed by atoms with E-state index < -0.39 is 0 Å². The average molecular weight is 338 g/mol. The van der Waals surface area contributed by atoms with Crippen LogP contribution in [-0.4, -0.2) is 0 Å². The largest absolute Gasteiger partial charge is 0.0840 e. The summed E-state index contributed by atoms with van der Waals surface area (Å²) < 4.78 is 0. The number of hydrogen-bond donors (Lipinski definition) is 0. The lowest BCUT2D eigenvalue weighted by Gasteiger charge is -2.17. The number of benzene rings is 2. The highest BCUT2D eigenvalue weighted by atomic mass is 79.9. The Hall–Kier alpha value is -0.790. The third-order valence-electron chi connectivity index (χ3n) is 3.58. The lowest BCUT2D eigenvalue weighted by atomic mass is 9.96. The molecule has 0 radical (unpaired) electrons. The number of hydrogen-bond acceptors (Lipinski definition) is 0. The molecular weight excluding hydrogens is 320 g/mol. The molecule has 0 saturated carbocycles. The molecule has 2 aromatic carbocycles. The SMILES string of the molecule is Cc1ccc(C(Br)c2cc(C)c(C)cc2Cl)c(C)c1. The van der Waals surface area contributed by atoms with Gasteiger partial charge < -0.3 is 0 Å². The van der Waals surface area contributed by atoms with Gasteiger partial charge in [0.05, 0.1) is 4.83 Å². The molecule has 0 saturated heterocycles. The Morgan fingerprint density at radius 2 is 1.47 bits per heavy atom. The first kappa shape index (κ1) is 14.6. The maximum Gasteiger partial charge on any atom is 0.0661 e. The molecule has 0 aliphatic carbocycles. The molecule has 0 aliphatic rings. The van der Waals surface area contributed by atoms with Gasteiger partial charge in [-0.15, -0.1) is 0 Å². The summed E-state index contributed by atoms with van der Waals surface area (Å²) in [4.78, 5) is 0.139. The van der Waals surface area contributed by atoms with Crippen molar-refractivity contribution in [1.29, 1.82) is 0 Å². The molecule has 1 unspecified atom stereocenters. The molecule has 0 aromatic heterocycles. The molecule has 2 aromatic rings. The minimum absolute atomic E-state index is 0.139. The first-order chi connectivity index (χ1) is 8.90. The molecule has 0 N–H and O–H groups in total. The van der Waals surface area contributed by atoms with Gasteiger partial charge in [0.15, 0.2) is 0 Å². The standard InChI is InChI=1S/C17H18BrCl/c1-10-5-6-14(13(4)7-10)17(18)15-8-11(2)12(3)9-16(15)19/h5-9,17H,1-4H3. The molecule has 2 rings (SSSR count). The van der Waals surface area contributed by atoms with Crippen LogP contribution in [0.3, 0.4) is 0 Å². The fourth-order valence-electron chi connectivity index (χ4n) is 2.28. The Morgan fingerprint density at radius 1 is 0.842 bits per heavy atom. The van der Waals surface area contributed by atoms with E-state index in [1.807, 2.05) is 6.07 Å². The molecule has 0 bridgehead atoms. The van der Waals surface area contributed by atoms with Crippen LogP contribution in [0.1, 0.15) is 38.2 Å². The third kappa shape index (κ3) is 3.04. The van der Waals surface area contributed by atoms with Crippen molar-refractivity contribution in [3.05, 3.63) is 68.7 Å². The van der Waals surface area contributed by atoms with Gasteiger partial charge in [0.2, 0.25) is 0 Å². The molecule has 1 atom stereocenters. The summed E-state index contributed by atoms with van der Waals surface area (Å²) in [5.74, 6) is 0. The zero-order valence-corrected chi connectivity index (χ0v) is 14.1. The highest BCUT2D eigenvalue weighted by molar-refractivity contribution is 9.09. The average Bonchev–Trinajstić information content (AvgIpc) is 2.33. The molecule has 100 valence electrons. The van der Waals surface area contributed by atoms with Crippen LogP contribution in [0.4, 0.5) is 0 Å². The van der Waals surface area contributed by atoms with Crippen molar-refractivity contribution in [3.63, 3.8) is 0 Å². The number of aryl methyl sites for hydroxylation is 4. The third-order valence-corrected chi connectivity index (χ3v) is 4.90. The summed E-state index contributed by atoms with van der Waals surface area (Å²) in [6.07, 6.45) is 0. The van der Waals surface area contributed by atoms with E-state index in [9.17, 15) is 0 Å². The van der Waals surface area contributed by atoms with E-state index in [0.717, 1.165) is 10.6 Å². The van der Waals surface area contributed by atoms with Gasteiger partial charge in [0, 0.05) is 5.02 Å². The van der Waals surface area contributed by atoms with Gasteiger partial charge in [0.1, 0.15) is 0 Å². The van der Waals surface area contributed by atoms with Crippen molar-refractivity contribution in [3.8, 4) is 0 Å². The lowest BCUT2D eigenvalue weighted by molar-refractivity contribution is 1.12. The Labute approximate surface area is 128 Å².